The van der Waals surface area contributed by atoms with Crippen LogP contribution < -0.4 is 5.32 Å². The van der Waals surface area contributed by atoms with Gasteiger partial charge in [0.15, 0.2) is 0 Å². The van der Waals surface area contributed by atoms with Gasteiger partial charge in [-0.3, -0.25) is 0 Å². The molecule has 1 atom stereocenters. The van der Waals surface area contributed by atoms with Crippen molar-refractivity contribution >= 4 is 0 Å². The van der Waals surface area contributed by atoms with Gasteiger partial charge in [0.25, 0.3) is 0 Å². The van der Waals surface area contributed by atoms with Crippen LogP contribution in [-0.2, 0) is 4.74 Å². The van der Waals surface area contributed by atoms with Crippen LogP contribution in [0.15, 0.2) is 0 Å². The predicted molar refractivity (Wildman–Crippen MR) is 56.6 cm³/mol. The van der Waals surface area contributed by atoms with Crippen molar-refractivity contribution < 1.29 is 4.74 Å². The Morgan fingerprint density at radius 3 is 2.62 bits per heavy atom. The summed E-state index contributed by atoms with van der Waals surface area (Å²) in [6.45, 7) is 8.76. The highest BCUT2D eigenvalue weighted by atomic mass is 16.5. The molecule has 2 nitrogen and oxygen atoms in total. The van der Waals surface area contributed by atoms with Crippen LogP contribution in [-0.4, -0.2) is 25.8 Å². The van der Waals surface area contributed by atoms with Crippen LogP contribution in [0.1, 0.15) is 27.2 Å². The number of hydrogen-bond acceptors (Lipinski definition) is 2. The van der Waals surface area contributed by atoms with Gasteiger partial charge in [-0.2, -0.15) is 0 Å². The van der Waals surface area contributed by atoms with Gasteiger partial charge in [0.05, 0.1) is 12.6 Å². The van der Waals surface area contributed by atoms with E-state index < -0.39 is 0 Å². The number of hydrogen-bond donors (Lipinski definition) is 1. The van der Waals surface area contributed by atoms with Gasteiger partial charge in [-0.25, -0.2) is 0 Å². The predicted octanol–water partition coefficient (Wildman–Crippen LogP) is 1.66. The highest BCUT2D eigenvalue weighted by Crippen LogP contribution is 2.00. The first-order valence-corrected chi connectivity index (χ1v) is 4.92. The molecule has 0 aliphatic carbocycles. The molecule has 0 heterocycles. The third-order valence-electron chi connectivity index (χ3n) is 1.76. The van der Waals surface area contributed by atoms with E-state index in [1.165, 1.54) is 0 Å². The molecular weight excluding hydrogens is 162 g/mol. The Balaban J connectivity index is 3.21. The third kappa shape index (κ3) is 9.39. The molecule has 0 saturated carbocycles. The lowest BCUT2D eigenvalue weighted by Gasteiger charge is -2.13. The Morgan fingerprint density at radius 1 is 1.38 bits per heavy atom. The fourth-order valence-corrected chi connectivity index (χ4v) is 0.911. The van der Waals surface area contributed by atoms with Gasteiger partial charge in [0.1, 0.15) is 0 Å². The van der Waals surface area contributed by atoms with Crippen LogP contribution in [0.25, 0.3) is 0 Å². The second-order valence-corrected chi connectivity index (χ2v) is 3.70. The maximum Gasteiger partial charge on any atom is 0.0671 e. The minimum Gasteiger partial charge on any atom is -0.377 e. The van der Waals surface area contributed by atoms with Gasteiger partial charge < -0.3 is 10.1 Å². The third-order valence-corrected chi connectivity index (χ3v) is 1.76. The second-order valence-electron chi connectivity index (χ2n) is 3.70. The summed E-state index contributed by atoms with van der Waals surface area (Å²) in [5.74, 6) is 3.24. The highest BCUT2D eigenvalue weighted by molar-refractivity contribution is 4.86. The summed E-state index contributed by atoms with van der Waals surface area (Å²) in [7, 11) is 0. The normalized spacial score (nSPS) is 12.8. The Labute approximate surface area is 82.1 Å². The Morgan fingerprint density at radius 2 is 2.08 bits per heavy atom. The number of rotatable bonds is 7. The SMILES string of the molecule is C#CCNCC(C)OCCC(C)C. The van der Waals surface area contributed by atoms with E-state index in [2.05, 4.69) is 32.0 Å². The van der Waals surface area contributed by atoms with Gasteiger partial charge in [-0.05, 0) is 19.3 Å². The molecule has 0 spiro atoms. The van der Waals surface area contributed by atoms with Crippen LogP contribution >= 0.6 is 0 Å². The van der Waals surface area contributed by atoms with Gasteiger partial charge >= 0.3 is 0 Å². The lowest BCUT2D eigenvalue weighted by molar-refractivity contribution is 0.0595. The quantitative estimate of drug-likeness (QED) is 0.479. The summed E-state index contributed by atoms with van der Waals surface area (Å²) in [6.07, 6.45) is 6.48. The zero-order valence-electron chi connectivity index (χ0n) is 8.97. The summed E-state index contributed by atoms with van der Waals surface area (Å²) >= 11 is 0. The van der Waals surface area contributed by atoms with E-state index in [-0.39, 0.29) is 6.10 Å². The highest BCUT2D eigenvalue weighted by Gasteiger charge is 2.01. The first kappa shape index (κ1) is 12.5. The van der Waals surface area contributed by atoms with Crippen LogP contribution in [0.4, 0.5) is 0 Å². The second kappa shape index (κ2) is 8.10. The van der Waals surface area contributed by atoms with Gasteiger partial charge in [-0.1, -0.05) is 19.8 Å². The van der Waals surface area contributed by atoms with Gasteiger partial charge in [0.2, 0.25) is 0 Å². The fourth-order valence-electron chi connectivity index (χ4n) is 0.911. The topological polar surface area (TPSA) is 21.3 Å². The zero-order valence-corrected chi connectivity index (χ0v) is 8.97. The molecule has 76 valence electrons. The van der Waals surface area contributed by atoms with Crippen LogP contribution in [0.5, 0.6) is 0 Å². The molecule has 0 aliphatic rings. The molecule has 0 aromatic carbocycles. The standard InChI is InChI=1S/C11H21NO/c1-5-7-12-9-11(4)13-8-6-10(2)3/h1,10-12H,6-9H2,2-4H3. The van der Waals surface area contributed by atoms with Crippen LogP contribution in [0.2, 0.25) is 0 Å². The molecule has 2 heteroatoms. The molecule has 0 radical (unpaired) electrons. The lowest BCUT2D eigenvalue weighted by Crippen LogP contribution is -2.27. The summed E-state index contributed by atoms with van der Waals surface area (Å²) in [5, 5.41) is 3.11. The van der Waals surface area contributed by atoms with Crippen molar-refractivity contribution in [3.8, 4) is 12.3 Å². The minimum absolute atomic E-state index is 0.257. The van der Waals surface area contributed by atoms with Gasteiger partial charge in [-0.15, -0.1) is 6.42 Å². The molecule has 0 aromatic heterocycles. The maximum absolute atomic E-state index is 5.57. The zero-order chi connectivity index (χ0) is 10.1. The van der Waals surface area contributed by atoms with Crippen LogP contribution in [0.3, 0.4) is 0 Å². The molecular formula is C11H21NO. The molecule has 0 bridgehead atoms. The molecule has 1 N–H and O–H groups in total. The Kier molecular flexibility index (Phi) is 7.77. The van der Waals surface area contributed by atoms with E-state index >= 15 is 0 Å². The van der Waals surface area contributed by atoms with E-state index in [4.69, 9.17) is 11.2 Å². The molecule has 0 rings (SSSR count). The molecule has 0 saturated heterocycles. The van der Waals surface area contributed by atoms with Gasteiger partial charge in [0, 0.05) is 13.2 Å². The molecule has 0 aliphatic heterocycles. The van der Waals surface area contributed by atoms with Crippen molar-refractivity contribution in [3.05, 3.63) is 0 Å². The first-order chi connectivity index (χ1) is 6.16. The smallest absolute Gasteiger partial charge is 0.0671 e. The molecule has 13 heavy (non-hydrogen) atoms. The van der Waals surface area contributed by atoms with E-state index in [1.54, 1.807) is 0 Å². The summed E-state index contributed by atoms with van der Waals surface area (Å²) < 4.78 is 5.57. The van der Waals surface area contributed by atoms with Crippen molar-refractivity contribution in [1.82, 2.24) is 5.32 Å². The van der Waals surface area contributed by atoms with E-state index in [1.807, 2.05) is 0 Å². The molecule has 1 unspecified atom stereocenters. The average Bonchev–Trinajstić information content (AvgIpc) is 2.04. The van der Waals surface area contributed by atoms with E-state index in [0.29, 0.717) is 12.5 Å². The van der Waals surface area contributed by atoms with Crippen LogP contribution in [0, 0.1) is 18.3 Å². The Bertz CT molecular complexity index is 149. The minimum atomic E-state index is 0.257. The number of terminal acetylenes is 1. The average molecular weight is 183 g/mol. The molecule has 0 fully saturated rings. The first-order valence-electron chi connectivity index (χ1n) is 4.92. The largest absolute Gasteiger partial charge is 0.377 e. The maximum atomic E-state index is 5.57. The monoisotopic (exact) mass is 183 g/mol. The summed E-state index contributed by atoms with van der Waals surface area (Å²) in [4.78, 5) is 0. The summed E-state index contributed by atoms with van der Waals surface area (Å²) in [5.41, 5.74) is 0. The van der Waals surface area contributed by atoms with E-state index in [0.717, 1.165) is 19.6 Å². The van der Waals surface area contributed by atoms with Crippen molar-refractivity contribution in [1.29, 1.82) is 0 Å². The number of ether oxygens (including phenoxy) is 1. The lowest BCUT2D eigenvalue weighted by atomic mass is 10.1. The molecule has 0 aromatic rings. The number of nitrogens with one attached hydrogen (secondary N) is 1. The van der Waals surface area contributed by atoms with Crippen molar-refractivity contribution in [3.63, 3.8) is 0 Å². The Hall–Kier alpha value is -0.520. The molecule has 0 amide bonds. The van der Waals surface area contributed by atoms with E-state index in [9.17, 15) is 0 Å². The summed E-state index contributed by atoms with van der Waals surface area (Å²) in [6, 6.07) is 0. The van der Waals surface area contributed by atoms with Crippen molar-refractivity contribution in [2.45, 2.75) is 33.3 Å². The van der Waals surface area contributed by atoms with Crippen molar-refractivity contribution in [2.75, 3.05) is 19.7 Å². The van der Waals surface area contributed by atoms with Crippen molar-refractivity contribution in [2.24, 2.45) is 5.92 Å². The fraction of sp³-hybridized carbons (Fsp3) is 0.818.